The standard InChI is InChI=1S/C11H8ClN3O2/c1-17-11(16)8-5-9(12)15-10(14-8)7-3-2-4-13-6-7/h2-6H,1H3. The van der Waals surface area contributed by atoms with Gasteiger partial charge in [-0.15, -0.1) is 0 Å². The van der Waals surface area contributed by atoms with Crippen molar-refractivity contribution in [3.63, 3.8) is 0 Å². The van der Waals surface area contributed by atoms with Gasteiger partial charge in [-0.25, -0.2) is 14.8 Å². The third-order valence-electron chi connectivity index (χ3n) is 2.01. The van der Waals surface area contributed by atoms with Crippen molar-refractivity contribution in [2.24, 2.45) is 0 Å². The molecule has 0 atom stereocenters. The van der Waals surface area contributed by atoms with E-state index in [4.69, 9.17) is 11.6 Å². The highest BCUT2D eigenvalue weighted by Gasteiger charge is 2.12. The van der Waals surface area contributed by atoms with Gasteiger partial charge in [-0.05, 0) is 12.1 Å². The number of ether oxygens (including phenoxy) is 1. The van der Waals surface area contributed by atoms with Crippen LogP contribution in [0.1, 0.15) is 10.5 Å². The summed E-state index contributed by atoms with van der Waals surface area (Å²) in [6, 6.07) is 4.88. The van der Waals surface area contributed by atoms with Crippen LogP contribution in [0.4, 0.5) is 0 Å². The first-order valence-electron chi connectivity index (χ1n) is 4.74. The number of hydrogen-bond acceptors (Lipinski definition) is 5. The number of carbonyl (C=O) groups excluding carboxylic acids is 1. The van der Waals surface area contributed by atoms with Crippen LogP contribution in [-0.2, 0) is 4.74 Å². The van der Waals surface area contributed by atoms with Crippen LogP contribution in [0.25, 0.3) is 11.4 Å². The van der Waals surface area contributed by atoms with Gasteiger partial charge >= 0.3 is 5.97 Å². The average molecular weight is 250 g/mol. The van der Waals surface area contributed by atoms with Crippen molar-refractivity contribution in [2.45, 2.75) is 0 Å². The van der Waals surface area contributed by atoms with Crippen LogP contribution in [0.3, 0.4) is 0 Å². The molecule has 0 saturated carbocycles. The van der Waals surface area contributed by atoms with E-state index in [1.807, 2.05) is 0 Å². The number of aromatic nitrogens is 3. The second kappa shape index (κ2) is 4.88. The number of pyridine rings is 1. The Hall–Kier alpha value is -2.01. The number of esters is 1. The van der Waals surface area contributed by atoms with Gasteiger partial charge in [0.2, 0.25) is 0 Å². The molecule has 5 nitrogen and oxygen atoms in total. The zero-order valence-corrected chi connectivity index (χ0v) is 9.68. The van der Waals surface area contributed by atoms with Crippen LogP contribution in [0, 0.1) is 0 Å². The molecule has 2 aromatic rings. The van der Waals surface area contributed by atoms with Crippen molar-refractivity contribution in [2.75, 3.05) is 7.11 Å². The molecular formula is C11H8ClN3O2. The van der Waals surface area contributed by atoms with E-state index < -0.39 is 5.97 Å². The summed E-state index contributed by atoms with van der Waals surface area (Å²) in [5.74, 6) is -0.217. The molecule has 2 rings (SSSR count). The Morgan fingerprint density at radius 2 is 2.24 bits per heavy atom. The minimum Gasteiger partial charge on any atom is -0.464 e. The summed E-state index contributed by atoms with van der Waals surface area (Å²) in [4.78, 5) is 23.4. The van der Waals surface area contributed by atoms with E-state index in [1.54, 1.807) is 24.5 Å². The molecule has 0 aliphatic heterocycles. The predicted octanol–water partition coefficient (Wildman–Crippen LogP) is 1.98. The molecule has 0 radical (unpaired) electrons. The second-order valence-electron chi connectivity index (χ2n) is 3.13. The molecule has 0 spiro atoms. The number of carbonyl (C=O) groups is 1. The summed E-state index contributed by atoms with van der Waals surface area (Å²) < 4.78 is 4.58. The van der Waals surface area contributed by atoms with Crippen molar-refractivity contribution in [1.29, 1.82) is 0 Å². The van der Waals surface area contributed by atoms with E-state index in [0.29, 0.717) is 11.4 Å². The molecule has 0 aliphatic rings. The quantitative estimate of drug-likeness (QED) is 0.601. The Kier molecular flexibility index (Phi) is 3.30. The number of halogens is 1. The fourth-order valence-electron chi connectivity index (χ4n) is 1.25. The van der Waals surface area contributed by atoms with E-state index in [1.165, 1.54) is 13.2 Å². The molecular weight excluding hydrogens is 242 g/mol. The van der Waals surface area contributed by atoms with Crippen LogP contribution in [0.2, 0.25) is 5.15 Å². The monoisotopic (exact) mass is 249 g/mol. The number of nitrogens with zero attached hydrogens (tertiary/aromatic N) is 3. The minimum absolute atomic E-state index is 0.117. The normalized spacial score (nSPS) is 10.0. The van der Waals surface area contributed by atoms with Gasteiger partial charge in [-0.1, -0.05) is 11.6 Å². The lowest BCUT2D eigenvalue weighted by Crippen LogP contribution is -2.06. The first-order chi connectivity index (χ1) is 8.20. The van der Waals surface area contributed by atoms with E-state index in [0.717, 1.165) is 0 Å². The van der Waals surface area contributed by atoms with E-state index in [-0.39, 0.29) is 10.8 Å². The van der Waals surface area contributed by atoms with Gasteiger partial charge in [0.15, 0.2) is 11.5 Å². The summed E-state index contributed by atoms with van der Waals surface area (Å²) >= 11 is 5.82. The number of methoxy groups -OCH3 is 1. The lowest BCUT2D eigenvalue weighted by molar-refractivity contribution is 0.0594. The van der Waals surface area contributed by atoms with Gasteiger partial charge in [-0.3, -0.25) is 4.98 Å². The van der Waals surface area contributed by atoms with Gasteiger partial charge < -0.3 is 4.74 Å². The van der Waals surface area contributed by atoms with Crippen LogP contribution in [-0.4, -0.2) is 28.0 Å². The van der Waals surface area contributed by atoms with Crippen LogP contribution in [0.15, 0.2) is 30.6 Å². The van der Waals surface area contributed by atoms with E-state index >= 15 is 0 Å². The van der Waals surface area contributed by atoms with Gasteiger partial charge in [0.1, 0.15) is 5.15 Å². The third-order valence-corrected chi connectivity index (χ3v) is 2.20. The maximum absolute atomic E-state index is 11.4. The van der Waals surface area contributed by atoms with Gasteiger partial charge in [-0.2, -0.15) is 0 Å². The summed E-state index contributed by atoms with van der Waals surface area (Å²) in [7, 11) is 1.28. The van der Waals surface area contributed by atoms with E-state index in [9.17, 15) is 4.79 Å². The Morgan fingerprint density at radius 1 is 1.41 bits per heavy atom. The summed E-state index contributed by atoms with van der Waals surface area (Å²) in [5, 5.41) is 0.180. The van der Waals surface area contributed by atoms with Gasteiger partial charge in [0.05, 0.1) is 7.11 Å². The molecule has 0 N–H and O–H groups in total. The molecule has 6 heteroatoms. The maximum atomic E-state index is 11.4. The number of rotatable bonds is 2. The maximum Gasteiger partial charge on any atom is 0.356 e. The molecule has 0 unspecified atom stereocenters. The first kappa shape index (κ1) is 11.5. The van der Waals surface area contributed by atoms with Crippen LogP contribution < -0.4 is 0 Å². The Labute approximate surface area is 102 Å². The lowest BCUT2D eigenvalue weighted by atomic mass is 10.2. The smallest absolute Gasteiger partial charge is 0.356 e. The molecule has 0 aromatic carbocycles. The highest BCUT2D eigenvalue weighted by Crippen LogP contribution is 2.17. The van der Waals surface area contributed by atoms with Gasteiger partial charge in [0, 0.05) is 24.0 Å². The van der Waals surface area contributed by atoms with Crippen molar-refractivity contribution < 1.29 is 9.53 Å². The summed E-state index contributed by atoms with van der Waals surface area (Å²) in [5.41, 5.74) is 0.798. The zero-order valence-electron chi connectivity index (χ0n) is 8.92. The van der Waals surface area contributed by atoms with Crippen molar-refractivity contribution >= 4 is 17.6 Å². The third kappa shape index (κ3) is 2.57. The summed E-state index contributed by atoms with van der Waals surface area (Å²) in [6.07, 6.45) is 3.22. The minimum atomic E-state index is -0.556. The highest BCUT2D eigenvalue weighted by molar-refractivity contribution is 6.29. The SMILES string of the molecule is COC(=O)c1cc(Cl)nc(-c2cccnc2)n1. The van der Waals surface area contributed by atoms with Crippen LogP contribution >= 0.6 is 11.6 Å². The molecule has 0 amide bonds. The van der Waals surface area contributed by atoms with E-state index in [2.05, 4.69) is 19.7 Å². The Balaban J connectivity index is 2.49. The van der Waals surface area contributed by atoms with Gasteiger partial charge in [0.25, 0.3) is 0 Å². The molecule has 0 bridgehead atoms. The largest absolute Gasteiger partial charge is 0.464 e. The van der Waals surface area contributed by atoms with Crippen molar-refractivity contribution in [3.8, 4) is 11.4 Å². The molecule has 0 aliphatic carbocycles. The topological polar surface area (TPSA) is 65.0 Å². The van der Waals surface area contributed by atoms with Crippen LogP contribution in [0.5, 0.6) is 0 Å². The first-order valence-corrected chi connectivity index (χ1v) is 5.12. The molecule has 2 aromatic heterocycles. The fraction of sp³-hybridized carbons (Fsp3) is 0.0909. The Morgan fingerprint density at radius 3 is 2.88 bits per heavy atom. The lowest BCUT2D eigenvalue weighted by Gasteiger charge is -2.03. The highest BCUT2D eigenvalue weighted by atomic mass is 35.5. The average Bonchev–Trinajstić information content (AvgIpc) is 2.38. The van der Waals surface area contributed by atoms with Crippen molar-refractivity contribution in [3.05, 3.63) is 41.4 Å². The molecule has 2 heterocycles. The molecule has 17 heavy (non-hydrogen) atoms. The Bertz CT molecular complexity index is 546. The van der Waals surface area contributed by atoms with Crippen molar-refractivity contribution in [1.82, 2.24) is 15.0 Å². The molecule has 86 valence electrons. The molecule has 0 fully saturated rings. The zero-order chi connectivity index (χ0) is 12.3. The predicted molar refractivity (Wildman–Crippen MR) is 61.6 cm³/mol. The molecule has 0 saturated heterocycles. The fourth-order valence-corrected chi connectivity index (χ4v) is 1.43. The number of hydrogen-bond donors (Lipinski definition) is 0. The summed E-state index contributed by atoms with van der Waals surface area (Å²) in [6.45, 7) is 0. The second-order valence-corrected chi connectivity index (χ2v) is 3.52.